The van der Waals surface area contributed by atoms with E-state index in [0.29, 0.717) is 57.6 Å². The summed E-state index contributed by atoms with van der Waals surface area (Å²) in [4.78, 5) is 6.39. The maximum absolute atomic E-state index is 13.6. The summed E-state index contributed by atoms with van der Waals surface area (Å²) in [5.41, 5.74) is 0. The molecule has 0 saturated heterocycles. The number of ether oxygens (including phenoxy) is 3. The van der Waals surface area contributed by atoms with Gasteiger partial charge in [0, 0.05) is 33.7 Å². The second-order valence-electron chi connectivity index (χ2n) is 5.39. The van der Waals surface area contributed by atoms with Gasteiger partial charge in [0.1, 0.15) is 6.61 Å². The van der Waals surface area contributed by atoms with Crippen molar-refractivity contribution in [3.05, 3.63) is 41.8 Å². The molecule has 0 aliphatic carbocycles. The predicted octanol–water partition coefficient (Wildman–Crippen LogP) is 1.92. The van der Waals surface area contributed by atoms with Crippen molar-refractivity contribution >= 4 is 0 Å². The van der Waals surface area contributed by atoms with Crippen LogP contribution in [0, 0.1) is 5.82 Å². The van der Waals surface area contributed by atoms with Crippen molar-refractivity contribution < 1.29 is 23.1 Å². The Morgan fingerprint density at radius 3 is 2.60 bits per heavy atom. The number of aromatic nitrogens is 2. The number of methoxy groups -OCH3 is 2. The highest BCUT2D eigenvalue weighted by molar-refractivity contribution is 5.23. The van der Waals surface area contributed by atoms with Gasteiger partial charge in [0.25, 0.3) is 0 Å². The van der Waals surface area contributed by atoms with Crippen LogP contribution in [0.5, 0.6) is 5.75 Å². The van der Waals surface area contributed by atoms with Gasteiger partial charge in [-0.15, -0.1) is 0 Å². The van der Waals surface area contributed by atoms with E-state index in [1.54, 1.807) is 32.4 Å². The average molecular weight is 353 g/mol. The standard InChI is InChI=1S/C17H24FN3O4/c1-22-10-7-16-19-17(25-20-16)13-21(8-11-23-2)9-12-24-15-6-4-3-5-14(15)18/h3-6H,7-13H2,1-2H3. The molecule has 0 atom stereocenters. The van der Waals surface area contributed by atoms with Gasteiger partial charge in [-0.3, -0.25) is 4.90 Å². The minimum absolute atomic E-state index is 0.244. The summed E-state index contributed by atoms with van der Waals surface area (Å²) in [6.07, 6.45) is 0.606. The van der Waals surface area contributed by atoms with Crippen LogP contribution in [0.1, 0.15) is 11.7 Å². The second kappa shape index (κ2) is 10.8. The molecule has 0 aliphatic heterocycles. The Labute approximate surface area is 146 Å². The van der Waals surface area contributed by atoms with Crippen molar-refractivity contribution in [2.24, 2.45) is 0 Å². The summed E-state index contributed by atoms with van der Waals surface area (Å²) in [6, 6.07) is 6.35. The number of rotatable bonds is 12. The first-order valence-electron chi connectivity index (χ1n) is 8.12. The topological polar surface area (TPSA) is 69.9 Å². The Bertz CT molecular complexity index is 623. The quantitative estimate of drug-likeness (QED) is 0.577. The minimum atomic E-state index is -0.370. The van der Waals surface area contributed by atoms with E-state index < -0.39 is 0 Å². The summed E-state index contributed by atoms with van der Waals surface area (Å²) in [7, 11) is 3.27. The lowest BCUT2D eigenvalue weighted by Crippen LogP contribution is -2.31. The van der Waals surface area contributed by atoms with Crippen molar-refractivity contribution in [3.63, 3.8) is 0 Å². The number of nitrogens with zero attached hydrogens (tertiary/aromatic N) is 3. The molecule has 2 aromatic rings. The lowest BCUT2D eigenvalue weighted by atomic mass is 10.3. The molecule has 8 heteroatoms. The lowest BCUT2D eigenvalue weighted by molar-refractivity contribution is 0.121. The van der Waals surface area contributed by atoms with Gasteiger partial charge in [0.2, 0.25) is 5.89 Å². The normalized spacial score (nSPS) is 11.2. The largest absolute Gasteiger partial charge is 0.489 e. The molecule has 1 heterocycles. The third-order valence-electron chi connectivity index (χ3n) is 3.51. The molecule has 7 nitrogen and oxygen atoms in total. The number of benzene rings is 1. The Hall–Kier alpha value is -2.03. The zero-order chi connectivity index (χ0) is 17.9. The first-order valence-corrected chi connectivity index (χ1v) is 8.12. The van der Waals surface area contributed by atoms with Crippen LogP contribution in [0.2, 0.25) is 0 Å². The number of halogens is 1. The van der Waals surface area contributed by atoms with Crippen molar-refractivity contribution in [2.75, 3.05) is 47.1 Å². The third kappa shape index (κ3) is 6.77. The number of hydrogen-bond donors (Lipinski definition) is 0. The third-order valence-corrected chi connectivity index (χ3v) is 3.51. The Morgan fingerprint density at radius 2 is 1.84 bits per heavy atom. The van der Waals surface area contributed by atoms with Gasteiger partial charge in [0.15, 0.2) is 17.4 Å². The van der Waals surface area contributed by atoms with Crippen molar-refractivity contribution in [1.82, 2.24) is 15.0 Å². The van der Waals surface area contributed by atoms with E-state index in [4.69, 9.17) is 18.7 Å². The fraction of sp³-hybridized carbons (Fsp3) is 0.529. The van der Waals surface area contributed by atoms with E-state index in [2.05, 4.69) is 15.0 Å². The average Bonchev–Trinajstić information content (AvgIpc) is 3.06. The van der Waals surface area contributed by atoms with Crippen molar-refractivity contribution in [3.8, 4) is 5.75 Å². The van der Waals surface area contributed by atoms with Gasteiger partial charge >= 0.3 is 0 Å². The highest BCUT2D eigenvalue weighted by atomic mass is 19.1. The van der Waals surface area contributed by atoms with Crippen LogP contribution in [0.25, 0.3) is 0 Å². The van der Waals surface area contributed by atoms with Gasteiger partial charge in [-0.2, -0.15) is 4.98 Å². The molecule has 0 N–H and O–H groups in total. The lowest BCUT2D eigenvalue weighted by Gasteiger charge is -2.20. The fourth-order valence-corrected chi connectivity index (χ4v) is 2.18. The van der Waals surface area contributed by atoms with Crippen molar-refractivity contribution in [2.45, 2.75) is 13.0 Å². The van der Waals surface area contributed by atoms with E-state index >= 15 is 0 Å². The van der Waals surface area contributed by atoms with Gasteiger partial charge < -0.3 is 18.7 Å². The molecule has 25 heavy (non-hydrogen) atoms. The minimum Gasteiger partial charge on any atom is -0.489 e. The maximum Gasteiger partial charge on any atom is 0.240 e. The van der Waals surface area contributed by atoms with Crippen LogP contribution in [0.3, 0.4) is 0 Å². The van der Waals surface area contributed by atoms with Crippen LogP contribution < -0.4 is 4.74 Å². The van der Waals surface area contributed by atoms with E-state index in [9.17, 15) is 4.39 Å². The molecule has 0 radical (unpaired) electrons. The monoisotopic (exact) mass is 353 g/mol. The summed E-state index contributed by atoms with van der Waals surface area (Å²) in [5.74, 6) is 1.01. The van der Waals surface area contributed by atoms with Crippen LogP contribution in [0.4, 0.5) is 4.39 Å². The molecule has 0 unspecified atom stereocenters. The zero-order valence-corrected chi connectivity index (χ0v) is 14.6. The smallest absolute Gasteiger partial charge is 0.240 e. The van der Waals surface area contributed by atoms with Crippen LogP contribution in [-0.2, 0) is 22.4 Å². The maximum atomic E-state index is 13.6. The Balaban J connectivity index is 1.85. The van der Waals surface area contributed by atoms with E-state index in [1.165, 1.54) is 6.07 Å². The molecule has 0 spiro atoms. The molecule has 0 amide bonds. The predicted molar refractivity (Wildman–Crippen MR) is 88.9 cm³/mol. The molecule has 138 valence electrons. The summed E-state index contributed by atoms with van der Waals surface area (Å²) < 4.78 is 34.4. The Kier molecular flexibility index (Phi) is 8.30. The molecule has 0 aliphatic rings. The molecular formula is C17H24FN3O4. The summed E-state index contributed by atoms with van der Waals surface area (Å²) in [6.45, 7) is 3.17. The SMILES string of the molecule is COCCc1noc(CN(CCOC)CCOc2ccccc2F)n1. The zero-order valence-electron chi connectivity index (χ0n) is 14.6. The van der Waals surface area contributed by atoms with E-state index in [0.717, 1.165) is 0 Å². The highest BCUT2D eigenvalue weighted by Crippen LogP contribution is 2.15. The molecular weight excluding hydrogens is 329 g/mol. The number of para-hydroxylation sites is 1. The first-order chi connectivity index (χ1) is 12.2. The molecule has 2 rings (SSSR count). The van der Waals surface area contributed by atoms with Gasteiger partial charge in [0.05, 0.1) is 19.8 Å². The van der Waals surface area contributed by atoms with Gasteiger partial charge in [-0.25, -0.2) is 4.39 Å². The molecule has 0 saturated carbocycles. The second-order valence-corrected chi connectivity index (χ2v) is 5.39. The highest BCUT2D eigenvalue weighted by Gasteiger charge is 2.13. The fourth-order valence-electron chi connectivity index (χ4n) is 2.18. The van der Waals surface area contributed by atoms with E-state index in [-0.39, 0.29) is 11.6 Å². The van der Waals surface area contributed by atoms with Crippen LogP contribution in [-0.4, -0.2) is 62.2 Å². The van der Waals surface area contributed by atoms with E-state index in [1.807, 2.05) is 0 Å². The number of hydrogen-bond acceptors (Lipinski definition) is 7. The summed E-state index contributed by atoms with van der Waals surface area (Å²) >= 11 is 0. The molecule has 0 bridgehead atoms. The Morgan fingerprint density at radius 1 is 1.08 bits per heavy atom. The van der Waals surface area contributed by atoms with Crippen LogP contribution >= 0.6 is 0 Å². The molecule has 0 fully saturated rings. The van der Waals surface area contributed by atoms with Gasteiger partial charge in [-0.05, 0) is 12.1 Å². The van der Waals surface area contributed by atoms with Crippen molar-refractivity contribution in [1.29, 1.82) is 0 Å². The first kappa shape index (κ1) is 19.3. The van der Waals surface area contributed by atoms with Gasteiger partial charge in [-0.1, -0.05) is 17.3 Å². The molecule has 1 aromatic carbocycles. The molecule has 1 aromatic heterocycles. The van der Waals surface area contributed by atoms with Crippen LogP contribution in [0.15, 0.2) is 28.8 Å². The summed E-state index contributed by atoms with van der Waals surface area (Å²) in [5, 5.41) is 3.92.